The average Bonchev–Trinajstić information content (AvgIpc) is 2.65. The van der Waals surface area contributed by atoms with E-state index < -0.39 is 0 Å². The van der Waals surface area contributed by atoms with E-state index in [4.69, 9.17) is 0 Å². The fourth-order valence-electron chi connectivity index (χ4n) is 2.39. The zero-order valence-corrected chi connectivity index (χ0v) is 8.90. The van der Waals surface area contributed by atoms with Crippen molar-refractivity contribution in [2.24, 2.45) is 7.05 Å². The van der Waals surface area contributed by atoms with Crippen LogP contribution in [0.5, 0.6) is 0 Å². The van der Waals surface area contributed by atoms with Crippen LogP contribution in [0.15, 0.2) is 6.20 Å². The molecule has 0 aliphatic heterocycles. The van der Waals surface area contributed by atoms with Crippen LogP contribution in [0.1, 0.15) is 37.3 Å². The fourth-order valence-corrected chi connectivity index (χ4v) is 2.39. The molecule has 4 nitrogen and oxygen atoms in total. The van der Waals surface area contributed by atoms with Gasteiger partial charge in [0, 0.05) is 19.0 Å². The third-order valence-corrected chi connectivity index (χ3v) is 3.25. The van der Waals surface area contributed by atoms with Gasteiger partial charge in [0.25, 0.3) is 0 Å². The van der Waals surface area contributed by atoms with Crippen molar-refractivity contribution < 1.29 is 0 Å². The minimum absolute atomic E-state index is 0.640. The van der Waals surface area contributed by atoms with E-state index >= 15 is 0 Å². The van der Waals surface area contributed by atoms with Gasteiger partial charge in [-0.05, 0) is 26.3 Å². The summed E-state index contributed by atoms with van der Waals surface area (Å²) in [7, 11) is 4.03. The van der Waals surface area contributed by atoms with Crippen LogP contribution in [0.4, 0.5) is 0 Å². The molecule has 14 heavy (non-hydrogen) atoms. The van der Waals surface area contributed by atoms with Crippen molar-refractivity contribution in [1.82, 2.24) is 20.3 Å². The Bertz CT molecular complexity index is 294. The molecule has 1 fully saturated rings. The maximum absolute atomic E-state index is 3.99. The molecule has 78 valence electrons. The van der Waals surface area contributed by atoms with Crippen LogP contribution in [-0.4, -0.2) is 28.1 Å². The number of nitrogens with one attached hydrogen (secondary N) is 1. The average molecular weight is 194 g/mol. The topological polar surface area (TPSA) is 42.7 Å². The van der Waals surface area contributed by atoms with Gasteiger partial charge >= 0.3 is 0 Å². The highest BCUT2D eigenvalue weighted by molar-refractivity contribution is 5.05. The van der Waals surface area contributed by atoms with Crippen molar-refractivity contribution >= 4 is 0 Å². The maximum atomic E-state index is 3.99. The third-order valence-electron chi connectivity index (χ3n) is 3.25. The third kappa shape index (κ3) is 1.80. The van der Waals surface area contributed by atoms with Gasteiger partial charge in [-0.2, -0.15) is 0 Å². The van der Waals surface area contributed by atoms with Gasteiger partial charge in [-0.1, -0.05) is 11.6 Å². The molecule has 0 bridgehead atoms. The van der Waals surface area contributed by atoms with Crippen LogP contribution in [-0.2, 0) is 7.05 Å². The molecular weight excluding hydrogens is 176 g/mol. The highest BCUT2D eigenvalue weighted by Crippen LogP contribution is 2.31. The van der Waals surface area contributed by atoms with Gasteiger partial charge in [-0.25, -0.2) is 0 Å². The van der Waals surface area contributed by atoms with Crippen molar-refractivity contribution in [3.8, 4) is 0 Å². The number of aromatic nitrogens is 3. The molecule has 2 unspecified atom stereocenters. The Kier molecular flexibility index (Phi) is 2.82. The van der Waals surface area contributed by atoms with Gasteiger partial charge in [0.05, 0.1) is 11.9 Å². The van der Waals surface area contributed by atoms with Crippen molar-refractivity contribution in [1.29, 1.82) is 0 Å². The molecule has 0 radical (unpaired) electrons. The molecule has 1 aliphatic rings. The molecule has 2 rings (SSSR count). The predicted molar refractivity (Wildman–Crippen MR) is 55.1 cm³/mol. The van der Waals surface area contributed by atoms with E-state index in [1.165, 1.54) is 31.4 Å². The molecule has 1 saturated carbocycles. The summed E-state index contributed by atoms with van der Waals surface area (Å²) in [5.74, 6) is 0.640. The van der Waals surface area contributed by atoms with E-state index in [9.17, 15) is 0 Å². The zero-order valence-electron chi connectivity index (χ0n) is 8.90. The molecular formula is C10H18N4. The number of aryl methyl sites for hydroxylation is 1. The van der Waals surface area contributed by atoms with Crippen LogP contribution >= 0.6 is 0 Å². The Labute approximate surface area is 84.7 Å². The van der Waals surface area contributed by atoms with Crippen molar-refractivity contribution in [2.45, 2.75) is 37.6 Å². The largest absolute Gasteiger partial charge is 0.317 e. The van der Waals surface area contributed by atoms with Gasteiger partial charge in [0.15, 0.2) is 0 Å². The Morgan fingerprint density at radius 2 is 2.36 bits per heavy atom. The molecule has 1 aliphatic carbocycles. The van der Waals surface area contributed by atoms with E-state index in [0.717, 1.165) is 0 Å². The second kappa shape index (κ2) is 4.09. The van der Waals surface area contributed by atoms with Crippen molar-refractivity contribution in [3.05, 3.63) is 11.9 Å². The molecule has 1 aromatic rings. The standard InChI is InChI=1S/C10H18N4/c1-11-9-5-3-4-8(6-9)10-7-12-13-14(10)2/h7-9,11H,3-6H2,1-2H3. The van der Waals surface area contributed by atoms with Crippen molar-refractivity contribution in [3.63, 3.8) is 0 Å². The first-order chi connectivity index (χ1) is 6.81. The molecule has 4 heteroatoms. The first-order valence-electron chi connectivity index (χ1n) is 5.33. The summed E-state index contributed by atoms with van der Waals surface area (Å²) in [6, 6.07) is 0.670. The van der Waals surface area contributed by atoms with Gasteiger partial charge in [0.1, 0.15) is 0 Å². The lowest BCUT2D eigenvalue weighted by Crippen LogP contribution is -2.31. The monoisotopic (exact) mass is 194 g/mol. The van der Waals surface area contributed by atoms with E-state index in [-0.39, 0.29) is 0 Å². The molecule has 0 saturated heterocycles. The first-order valence-corrected chi connectivity index (χ1v) is 5.33. The van der Waals surface area contributed by atoms with Crippen LogP contribution < -0.4 is 5.32 Å². The van der Waals surface area contributed by atoms with Gasteiger partial charge in [-0.15, -0.1) is 5.10 Å². The number of hydrogen-bond donors (Lipinski definition) is 1. The zero-order chi connectivity index (χ0) is 9.97. The molecule has 0 aromatic carbocycles. The van der Waals surface area contributed by atoms with Gasteiger partial charge in [-0.3, -0.25) is 4.68 Å². The second-order valence-electron chi connectivity index (χ2n) is 4.13. The van der Waals surface area contributed by atoms with E-state index in [1.807, 2.05) is 17.9 Å². The minimum Gasteiger partial charge on any atom is -0.317 e. The fraction of sp³-hybridized carbons (Fsp3) is 0.800. The SMILES string of the molecule is CNC1CCCC(c2cnnn2C)C1. The van der Waals surface area contributed by atoms with Gasteiger partial charge in [0.2, 0.25) is 0 Å². The Morgan fingerprint density at radius 3 is 3.00 bits per heavy atom. The molecule has 1 heterocycles. The molecule has 0 spiro atoms. The summed E-state index contributed by atoms with van der Waals surface area (Å²) < 4.78 is 1.91. The van der Waals surface area contributed by atoms with Crippen LogP contribution in [0.25, 0.3) is 0 Å². The van der Waals surface area contributed by atoms with E-state index in [2.05, 4.69) is 22.7 Å². The van der Waals surface area contributed by atoms with Crippen molar-refractivity contribution in [2.75, 3.05) is 7.05 Å². The van der Waals surface area contributed by atoms with E-state index in [1.54, 1.807) is 0 Å². The number of rotatable bonds is 2. The number of nitrogens with zero attached hydrogens (tertiary/aromatic N) is 3. The van der Waals surface area contributed by atoms with Gasteiger partial charge < -0.3 is 5.32 Å². The lowest BCUT2D eigenvalue weighted by molar-refractivity contribution is 0.345. The lowest BCUT2D eigenvalue weighted by Gasteiger charge is -2.28. The highest BCUT2D eigenvalue weighted by atomic mass is 15.4. The quantitative estimate of drug-likeness (QED) is 0.765. The Morgan fingerprint density at radius 1 is 1.50 bits per heavy atom. The molecule has 0 amide bonds. The Balaban J connectivity index is 2.08. The smallest absolute Gasteiger partial charge is 0.0727 e. The van der Waals surface area contributed by atoms with Crippen LogP contribution in [0, 0.1) is 0 Å². The summed E-state index contributed by atoms with van der Waals surface area (Å²) in [4.78, 5) is 0. The lowest BCUT2D eigenvalue weighted by atomic mass is 9.84. The summed E-state index contributed by atoms with van der Waals surface area (Å²) in [6.45, 7) is 0. The summed E-state index contributed by atoms with van der Waals surface area (Å²) in [6.07, 6.45) is 7.01. The summed E-state index contributed by atoms with van der Waals surface area (Å²) in [5, 5.41) is 11.3. The molecule has 1 N–H and O–H groups in total. The molecule has 2 atom stereocenters. The second-order valence-corrected chi connectivity index (χ2v) is 4.13. The van der Waals surface area contributed by atoms with Crippen LogP contribution in [0.2, 0.25) is 0 Å². The summed E-state index contributed by atoms with van der Waals surface area (Å²) in [5.41, 5.74) is 1.28. The Hall–Kier alpha value is -0.900. The predicted octanol–water partition coefficient (Wildman–Crippen LogP) is 1.06. The highest BCUT2D eigenvalue weighted by Gasteiger charge is 2.24. The number of hydrogen-bond acceptors (Lipinski definition) is 3. The first kappa shape index (κ1) is 9.65. The summed E-state index contributed by atoms with van der Waals surface area (Å²) >= 11 is 0. The minimum atomic E-state index is 0.640. The van der Waals surface area contributed by atoms with E-state index in [0.29, 0.717) is 12.0 Å². The maximum Gasteiger partial charge on any atom is 0.0727 e. The molecule has 1 aromatic heterocycles. The van der Waals surface area contributed by atoms with Crippen LogP contribution in [0.3, 0.4) is 0 Å². The normalized spacial score (nSPS) is 27.9.